The fraction of sp³-hybridized carbons (Fsp3) is 0.692. The summed E-state index contributed by atoms with van der Waals surface area (Å²) in [5.41, 5.74) is -1.59. The van der Waals surface area contributed by atoms with Crippen molar-refractivity contribution in [2.45, 2.75) is 38.4 Å². The van der Waals surface area contributed by atoms with Crippen molar-refractivity contribution in [1.29, 1.82) is 0 Å². The van der Waals surface area contributed by atoms with E-state index in [-0.39, 0.29) is 25.2 Å². The van der Waals surface area contributed by atoms with E-state index in [1.807, 2.05) is 12.2 Å². The molecule has 0 saturated carbocycles. The van der Waals surface area contributed by atoms with Gasteiger partial charge in [-0.05, 0) is 26.7 Å². The van der Waals surface area contributed by atoms with Crippen LogP contribution in [0.2, 0.25) is 0 Å². The van der Waals surface area contributed by atoms with Crippen molar-refractivity contribution in [3.05, 3.63) is 12.2 Å². The summed E-state index contributed by atoms with van der Waals surface area (Å²) in [6.07, 6.45) is 5.11. The van der Waals surface area contributed by atoms with Crippen molar-refractivity contribution in [3.8, 4) is 0 Å². The van der Waals surface area contributed by atoms with Crippen molar-refractivity contribution < 1.29 is 23.8 Å². The molecule has 2 atom stereocenters. The van der Waals surface area contributed by atoms with Gasteiger partial charge in [0.15, 0.2) is 0 Å². The summed E-state index contributed by atoms with van der Waals surface area (Å²) < 4.78 is 15.7. The number of rotatable bonds is 4. The molecule has 2 bridgehead atoms. The SMILES string of the molecule is CCOC(=O)C1(C(=O)OCC)OC2C=CC1CC2. The van der Waals surface area contributed by atoms with Gasteiger partial charge in [-0.2, -0.15) is 0 Å². The van der Waals surface area contributed by atoms with Crippen LogP contribution in [-0.2, 0) is 23.8 Å². The van der Waals surface area contributed by atoms with Gasteiger partial charge < -0.3 is 14.2 Å². The highest BCUT2D eigenvalue weighted by molar-refractivity contribution is 6.04. The fourth-order valence-electron chi connectivity index (χ4n) is 2.52. The normalized spacial score (nSPS) is 27.9. The van der Waals surface area contributed by atoms with E-state index in [9.17, 15) is 9.59 Å². The van der Waals surface area contributed by atoms with Crippen LogP contribution in [0.25, 0.3) is 0 Å². The molecule has 0 radical (unpaired) electrons. The number of carbonyl (C=O) groups is 2. The Morgan fingerprint density at radius 3 is 2.11 bits per heavy atom. The molecule has 0 amide bonds. The van der Waals surface area contributed by atoms with Crippen molar-refractivity contribution in [2.24, 2.45) is 5.92 Å². The van der Waals surface area contributed by atoms with E-state index in [1.54, 1.807) is 13.8 Å². The summed E-state index contributed by atoms with van der Waals surface area (Å²) in [4.78, 5) is 24.3. The van der Waals surface area contributed by atoms with Crippen LogP contribution in [0.5, 0.6) is 0 Å². The van der Waals surface area contributed by atoms with Crippen molar-refractivity contribution >= 4 is 11.9 Å². The highest BCUT2D eigenvalue weighted by atomic mass is 16.6. The van der Waals surface area contributed by atoms with E-state index < -0.39 is 17.5 Å². The molecular weight excluding hydrogens is 236 g/mol. The molecule has 18 heavy (non-hydrogen) atoms. The van der Waals surface area contributed by atoms with Crippen LogP contribution in [-0.4, -0.2) is 36.9 Å². The molecule has 0 aromatic heterocycles. The predicted molar refractivity (Wildman–Crippen MR) is 62.7 cm³/mol. The minimum Gasteiger partial charge on any atom is -0.463 e. The number of ether oxygens (including phenoxy) is 3. The van der Waals surface area contributed by atoms with Crippen LogP contribution in [0.4, 0.5) is 0 Å². The topological polar surface area (TPSA) is 61.8 Å². The van der Waals surface area contributed by atoms with E-state index >= 15 is 0 Å². The van der Waals surface area contributed by atoms with Gasteiger partial charge in [0.05, 0.1) is 19.3 Å². The maximum Gasteiger partial charge on any atom is 0.350 e. The first-order valence-electron chi connectivity index (χ1n) is 6.35. The molecule has 1 fully saturated rings. The molecule has 2 aliphatic heterocycles. The minimum absolute atomic E-state index is 0.205. The monoisotopic (exact) mass is 254 g/mol. The lowest BCUT2D eigenvalue weighted by atomic mass is 9.76. The molecule has 100 valence electrons. The number of esters is 2. The fourth-order valence-corrected chi connectivity index (χ4v) is 2.52. The first kappa shape index (κ1) is 13.1. The third kappa shape index (κ3) is 1.92. The van der Waals surface area contributed by atoms with E-state index in [2.05, 4.69) is 0 Å². The van der Waals surface area contributed by atoms with Gasteiger partial charge in [-0.25, -0.2) is 9.59 Å². The van der Waals surface area contributed by atoms with Crippen LogP contribution >= 0.6 is 0 Å². The third-order valence-electron chi connectivity index (χ3n) is 3.34. The zero-order chi connectivity index (χ0) is 13.2. The Labute approximate surface area is 106 Å². The molecule has 0 aromatic rings. The predicted octanol–water partition coefficient (Wildman–Crippen LogP) is 1.22. The summed E-state index contributed by atoms with van der Waals surface area (Å²) in [5.74, 6) is -1.56. The molecule has 1 saturated heterocycles. The Kier molecular flexibility index (Phi) is 3.71. The summed E-state index contributed by atoms with van der Waals surface area (Å²) in [6.45, 7) is 3.83. The first-order chi connectivity index (χ1) is 8.65. The van der Waals surface area contributed by atoms with Gasteiger partial charge in [0.2, 0.25) is 0 Å². The highest BCUT2D eigenvalue weighted by Crippen LogP contribution is 2.41. The van der Waals surface area contributed by atoms with Gasteiger partial charge >= 0.3 is 11.9 Å². The quantitative estimate of drug-likeness (QED) is 0.429. The molecule has 2 heterocycles. The van der Waals surface area contributed by atoms with Crippen molar-refractivity contribution in [3.63, 3.8) is 0 Å². The molecule has 5 nitrogen and oxygen atoms in total. The smallest absolute Gasteiger partial charge is 0.350 e. The Hall–Kier alpha value is -1.36. The maximum absolute atomic E-state index is 12.1. The largest absolute Gasteiger partial charge is 0.463 e. The van der Waals surface area contributed by atoms with E-state index in [0.29, 0.717) is 0 Å². The van der Waals surface area contributed by atoms with E-state index in [4.69, 9.17) is 14.2 Å². The van der Waals surface area contributed by atoms with Crippen molar-refractivity contribution in [2.75, 3.05) is 13.2 Å². The molecule has 3 rings (SSSR count). The Bertz CT molecular complexity index is 356. The Morgan fingerprint density at radius 2 is 1.78 bits per heavy atom. The molecule has 5 heteroatoms. The lowest BCUT2D eigenvalue weighted by Gasteiger charge is -2.44. The molecule has 0 N–H and O–H groups in total. The second-order valence-electron chi connectivity index (χ2n) is 4.40. The molecule has 0 spiro atoms. The summed E-state index contributed by atoms with van der Waals surface area (Å²) in [7, 11) is 0. The maximum atomic E-state index is 12.1. The van der Waals surface area contributed by atoms with Crippen LogP contribution in [0.3, 0.4) is 0 Å². The third-order valence-corrected chi connectivity index (χ3v) is 3.34. The Balaban J connectivity index is 2.32. The van der Waals surface area contributed by atoms with Gasteiger partial charge in [0.1, 0.15) is 0 Å². The van der Waals surface area contributed by atoms with Gasteiger partial charge in [0, 0.05) is 5.92 Å². The van der Waals surface area contributed by atoms with Crippen LogP contribution in [0.1, 0.15) is 26.7 Å². The average Bonchev–Trinajstić information content (AvgIpc) is 2.40. The molecule has 1 aliphatic carbocycles. The van der Waals surface area contributed by atoms with Crippen LogP contribution in [0.15, 0.2) is 12.2 Å². The zero-order valence-electron chi connectivity index (χ0n) is 10.7. The number of hydrogen-bond donors (Lipinski definition) is 0. The van der Waals surface area contributed by atoms with E-state index in [1.165, 1.54) is 0 Å². The second-order valence-corrected chi connectivity index (χ2v) is 4.40. The summed E-state index contributed by atoms with van der Waals surface area (Å²) in [5, 5.41) is 0. The summed E-state index contributed by atoms with van der Waals surface area (Å²) >= 11 is 0. The molecule has 3 aliphatic rings. The van der Waals surface area contributed by atoms with Crippen molar-refractivity contribution in [1.82, 2.24) is 0 Å². The lowest BCUT2D eigenvalue weighted by Crippen LogP contribution is -2.61. The first-order valence-corrected chi connectivity index (χ1v) is 6.35. The van der Waals surface area contributed by atoms with Gasteiger partial charge in [0.25, 0.3) is 5.60 Å². The standard InChI is InChI=1S/C13H18O5/c1-3-16-11(14)13(12(15)17-4-2)9-5-7-10(18-13)8-6-9/h5,7,9-10H,3-4,6,8H2,1-2H3. The number of carbonyl (C=O) groups excluding carboxylic acids is 2. The molecular formula is C13H18O5. The van der Waals surface area contributed by atoms with Crippen LogP contribution in [0, 0.1) is 5.92 Å². The van der Waals surface area contributed by atoms with Gasteiger partial charge in [-0.3, -0.25) is 0 Å². The van der Waals surface area contributed by atoms with Crippen LogP contribution < -0.4 is 0 Å². The summed E-state index contributed by atoms with van der Waals surface area (Å²) in [6, 6.07) is 0. The second kappa shape index (κ2) is 5.10. The highest BCUT2D eigenvalue weighted by Gasteiger charge is 2.60. The zero-order valence-corrected chi connectivity index (χ0v) is 10.7. The lowest BCUT2D eigenvalue weighted by molar-refractivity contribution is -0.212. The van der Waals surface area contributed by atoms with Gasteiger partial charge in [-0.15, -0.1) is 0 Å². The van der Waals surface area contributed by atoms with E-state index in [0.717, 1.165) is 12.8 Å². The molecule has 2 unspecified atom stereocenters. The Morgan fingerprint density at radius 1 is 1.17 bits per heavy atom. The minimum atomic E-state index is -1.59. The molecule has 0 aromatic carbocycles. The number of hydrogen-bond acceptors (Lipinski definition) is 5. The average molecular weight is 254 g/mol. The van der Waals surface area contributed by atoms with Gasteiger partial charge in [-0.1, -0.05) is 12.2 Å². The number of fused-ring (bicyclic) bond motifs is 2.